The lowest BCUT2D eigenvalue weighted by Gasteiger charge is -2.09. The van der Waals surface area contributed by atoms with E-state index in [1.807, 2.05) is 6.92 Å². The highest BCUT2D eigenvalue weighted by Gasteiger charge is 2.09. The molecule has 0 spiro atoms. The lowest BCUT2D eigenvalue weighted by Crippen LogP contribution is -2.26. The van der Waals surface area contributed by atoms with Crippen molar-refractivity contribution in [3.63, 3.8) is 0 Å². The highest BCUT2D eigenvalue weighted by Crippen LogP contribution is 2.04. The van der Waals surface area contributed by atoms with Gasteiger partial charge in [-0.3, -0.25) is 9.36 Å². The molecule has 0 fully saturated rings. The average molecular weight is 298 g/mol. The van der Waals surface area contributed by atoms with E-state index < -0.39 is 0 Å². The molecule has 0 saturated heterocycles. The van der Waals surface area contributed by atoms with Crippen LogP contribution in [0.15, 0.2) is 21.8 Å². The Morgan fingerprint density at radius 1 is 1.41 bits per heavy atom. The first kappa shape index (κ1) is 12.0. The maximum Gasteiger partial charge on any atom is 0.268 e. The van der Waals surface area contributed by atoms with Crippen molar-refractivity contribution in [2.45, 2.75) is 26.9 Å². The molecule has 2 aromatic heterocycles. The molecule has 6 nitrogen and oxygen atoms in total. The largest absolute Gasteiger partial charge is 0.288 e. The van der Waals surface area contributed by atoms with Gasteiger partial charge in [-0.2, -0.15) is 5.10 Å². The summed E-state index contributed by atoms with van der Waals surface area (Å²) in [6.45, 7) is 4.88. The molecule has 0 saturated carbocycles. The molecule has 2 aromatic rings. The first-order valence-corrected chi connectivity index (χ1v) is 6.01. The minimum absolute atomic E-state index is 0.108. The normalized spacial score (nSPS) is 10.8. The van der Waals surface area contributed by atoms with Crippen LogP contribution in [0.5, 0.6) is 0 Å². The van der Waals surface area contributed by atoms with Crippen LogP contribution in [0.4, 0.5) is 0 Å². The molecule has 0 aliphatic rings. The second-order valence-electron chi connectivity index (χ2n) is 3.54. The third-order valence-corrected chi connectivity index (χ3v) is 3.04. The summed E-state index contributed by atoms with van der Waals surface area (Å²) in [6.07, 6.45) is 3.00. The van der Waals surface area contributed by atoms with E-state index in [4.69, 9.17) is 0 Å². The van der Waals surface area contributed by atoms with E-state index in [0.717, 1.165) is 12.4 Å². The Kier molecular flexibility index (Phi) is 3.37. The minimum Gasteiger partial charge on any atom is -0.288 e. The number of hydrogen-bond acceptors (Lipinski definition) is 4. The van der Waals surface area contributed by atoms with Gasteiger partial charge in [0.15, 0.2) is 0 Å². The van der Waals surface area contributed by atoms with E-state index in [0.29, 0.717) is 16.8 Å². The topological polar surface area (TPSA) is 65.6 Å². The van der Waals surface area contributed by atoms with Crippen LogP contribution in [0, 0.1) is 6.92 Å². The molecular formula is C10H12BrN5O. The zero-order chi connectivity index (χ0) is 12.4. The zero-order valence-corrected chi connectivity index (χ0v) is 11.2. The summed E-state index contributed by atoms with van der Waals surface area (Å²) in [5.74, 6) is 1.40. The van der Waals surface area contributed by atoms with Gasteiger partial charge in [-0.1, -0.05) is 0 Å². The Morgan fingerprint density at radius 3 is 2.88 bits per heavy atom. The van der Waals surface area contributed by atoms with Crippen LogP contribution in [0.25, 0.3) is 0 Å². The molecule has 90 valence electrons. The predicted octanol–water partition coefficient (Wildman–Crippen LogP) is 0.974. The number of nitrogens with zero attached hydrogens (tertiary/aromatic N) is 5. The van der Waals surface area contributed by atoms with E-state index in [-0.39, 0.29) is 5.56 Å². The number of aryl methyl sites for hydroxylation is 2. The van der Waals surface area contributed by atoms with Crippen LogP contribution >= 0.6 is 15.9 Å². The van der Waals surface area contributed by atoms with Crippen molar-refractivity contribution < 1.29 is 0 Å². The van der Waals surface area contributed by atoms with Crippen molar-refractivity contribution in [3.05, 3.63) is 39.0 Å². The molecule has 0 bridgehead atoms. The Balaban J connectivity index is 2.43. The molecule has 0 aromatic carbocycles. The molecule has 7 heteroatoms. The molecule has 0 radical (unpaired) electrons. The number of aromatic nitrogens is 5. The lowest BCUT2D eigenvalue weighted by atomic mass is 10.5. The molecule has 0 aliphatic heterocycles. The summed E-state index contributed by atoms with van der Waals surface area (Å²) in [5, 5.41) is 4.07. The maximum atomic E-state index is 11.9. The summed E-state index contributed by atoms with van der Waals surface area (Å²) in [5.41, 5.74) is -0.108. The van der Waals surface area contributed by atoms with Gasteiger partial charge in [-0.05, 0) is 29.8 Å². The second-order valence-corrected chi connectivity index (χ2v) is 4.39. The van der Waals surface area contributed by atoms with E-state index in [2.05, 4.69) is 31.0 Å². The van der Waals surface area contributed by atoms with Gasteiger partial charge < -0.3 is 0 Å². The lowest BCUT2D eigenvalue weighted by molar-refractivity contribution is 0.573. The minimum atomic E-state index is -0.108. The Bertz CT molecular complexity index is 589. The number of halogens is 1. The van der Waals surface area contributed by atoms with Crippen molar-refractivity contribution in [1.29, 1.82) is 0 Å². The smallest absolute Gasteiger partial charge is 0.268 e. The molecule has 2 heterocycles. The summed E-state index contributed by atoms with van der Waals surface area (Å²) in [4.78, 5) is 20.2. The molecule has 0 amide bonds. The number of rotatable bonds is 3. The van der Waals surface area contributed by atoms with Crippen LogP contribution in [0.2, 0.25) is 0 Å². The van der Waals surface area contributed by atoms with Crippen molar-refractivity contribution in [2.24, 2.45) is 0 Å². The van der Waals surface area contributed by atoms with Gasteiger partial charge in [-0.25, -0.2) is 14.6 Å². The average Bonchev–Trinajstić information content (AvgIpc) is 2.77. The van der Waals surface area contributed by atoms with Gasteiger partial charge in [-0.15, -0.1) is 0 Å². The van der Waals surface area contributed by atoms with Gasteiger partial charge >= 0.3 is 0 Å². The molecule has 0 atom stereocenters. The van der Waals surface area contributed by atoms with Crippen LogP contribution < -0.4 is 5.56 Å². The second kappa shape index (κ2) is 4.79. The van der Waals surface area contributed by atoms with Crippen molar-refractivity contribution in [1.82, 2.24) is 24.3 Å². The Morgan fingerprint density at radius 2 is 2.18 bits per heavy atom. The highest BCUT2D eigenvalue weighted by molar-refractivity contribution is 9.10. The van der Waals surface area contributed by atoms with Gasteiger partial charge in [0, 0.05) is 12.7 Å². The SMILES string of the molecule is CCn1ncnc1Cn1c(C)ncc(Br)c1=O. The molecule has 17 heavy (non-hydrogen) atoms. The van der Waals surface area contributed by atoms with Gasteiger partial charge in [0.25, 0.3) is 5.56 Å². The first-order chi connectivity index (χ1) is 8.13. The predicted molar refractivity (Wildman–Crippen MR) is 65.7 cm³/mol. The molecular weight excluding hydrogens is 286 g/mol. The third kappa shape index (κ3) is 2.28. The summed E-state index contributed by atoms with van der Waals surface area (Å²) in [6, 6.07) is 0. The van der Waals surface area contributed by atoms with E-state index >= 15 is 0 Å². The quantitative estimate of drug-likeness (QED) is 0.847. The van der Waals surface area contributed by atoms with Crippen molar-refractivity contribution in [3.8, 4) is 0 Å². The van der Waals surface area contributed by atoms with Gasteiger partial charge in [0.05, 0.1) is 6.54 Å². The highest BCUT2D eigenvalue weighted by atomic mass is 79.9. The van der Waals surface area contributed by atoms with Crippen LogP contribution in [-0.2, 0) is 13.1 Å². The summed E-state index contributed by atoms with van der Waals surface area (Å²) < 4.78 is 3.78. The Hall–Kier alpha value is -1.50. The van der Waals surface area contributed by atoms with E-state index in [1.54, 1.807) is 16.2 Å². The van der Waals surface area contributed by atoms with Gasteiger partial charge in [0.1, 0.15) is 22.4 Å². The van der Waals surface area contributed by atoms with Crippen molar-refractivity contribution >= 4 is 15.9 Å². The number of hydrogen-bond donors (Lipinski definition) is 0. The zero-order valence-electron chi connectivity index (χ0n) is 9.59. The van der Waals surface area contributed by atoms with Crippen LogP contribution in [0.3, 0.4) is 0 Å². The molecule has 0 N–H and O–H groups in total. The first-order valence-electron chi connectivity index (χ1n) is 5.22. The summed E-state index contributed by atoms with van der Waals surface area (Å²) in [7, 11) is 0. The van der Waals surface area contributed by atoms with Gasteiger partial charge in [0.2, 0.25) is 0 Å². The Labute approximate surface area is 106 Å². The third-order valence-electron chi connectivity index (χ3n) is 2.50. The van der Waals surface area contributed by atoms with E-state index in [9.17, 15) is 4.79 Å². The van der Waals surface area contributed by atoms with Crippen LogP contribution in [0.1, 0.15) is 18.6 Å². The fraction of sp³-hybridized carbons (Fsp3) is 0.400. The standard InChI is InChI=1S/C10H12BrN5O/c1-3-16-9(13-6-14-16)5-15-7(2)12-4-8(11)10(15)17/h4,6H,3,5H2,1-2H3. The fourth-order valence-electron chi connectivity index (χ4n) is 1.55. The fourth-order valence-corrected chi connectivity index (χ4v) is 1.87. The van der Waals surface area contributed by atoms with Crippen molar-refractivity contribution in [2.75, 3.05) is 0 Å². The monoisotopic (exact) mass is 297 g/mol. The van der Waals surface area contributed by atoms with Crippen LogP contribution in [-0.4, -0.2) is 24.3 Å². The molecule has 2 rings (SSSR count). The molecule has 0 unspecified atom stereocenters. The molecule has 0 aliphatic carbocycles. The summed E-state index contributed by atoms with van der Waals surface area (Å²) >= 11 is 3.18. The van der Waals surface area contributed by atoms with E-state index in [1.165, 1.54) is 12.5 Å². The maximum absolute atomic E-state index is 11.9.